The fourth-order valence-corrected chi connectivity index (χ4v) is 5.58. The number of allylic oxidation sites excluding steroid dienone is 1. The lowest BCUT2D eigenvalue weighted by Gasteiger charge is -2.23. The third kappa shape index (κ3) is 5.75. The Morgan fingerprint density at radius 2 is 1.75 bits per heavy atom. The second kappa shape index (κ2) is 11.0. The molecule has 196 valence electrons. The number of nitrogens with two attached hydrogens (primary N) is 2. The fraction of sp³-hybridized carbons (Fsp3) is 0.654. The zero-order valence-corrected chi connectivity index (χ0v) is 20.9. The molecule has 0 bridgehead atoms. The smallest absolute Gasteiger partial charge is 0.254 e. The summed E-state index contributed by atoms with van der Waals surface area (Å²) in [5, 5.41) is 0. The number of hydrazine groups is 1. The second-order valence-electron chi connectivity index (χ2n) is 10.6. The highest BCUT2D eigenvalue weighted by Gasteiger charge is 2.43. The Balaban J connectivity index is 1.18. The van der Waals surface area contributed by atoms with Crippen molar-refractivity contribution in [3.8, 4) is 5.88 Å². The number of fused-ring (bicyclic) bond motifs is 1. The number of rotatable bonds is 9. The minimum Gasteiger partial charge on any atom is -0.477 e. The Kier molecular flexibility index (Phi) is 7.62. The van der Waals surface area contributed by atoms with Crippen LogP contribution in [0.3, 0.4) is 0 Å². The van der Waals surface area contributed by atoms with E-state index < -0.39 is 0 Å². The average molecular weight is 499 g/mol. The number of likely N-dealkylation sites (tertiary alicyclic amines) is 2. The molecule has 10 heteroatoms. The molecule has 5 N–H and O–H groups in total. The van der Waals surface area contributed by atoms with Crippen LogP contribution in [0.1, 0.15) is 60.5 Å². The minimum atomic E-state index is 0.0363. The summed E-state index contributed by atoms with van der Waals surface area (Å²) in [6.45, 7) is 4.90. The lowest BCUT2D eigenvalue weighted by atomic mass is 10.0. The zero-order chi connectivity index (χ0) is 25.1. The summed E-state index contributed by atoms with van der Waals surface area (Å²) < 4.78 is 11.5. The van der Waals surface area contributed by atoms with Crippen molar-refractivity contribution in [1.82, 2.24) is 20.2 Å². The molecule has 0 radical (unpaired) electrons. The van der Waals surface area contributed by atoms with E-state index in [9.17, 15) is 9.59 Å². The first-order valence-electron chi connectivity index (χ1n) is 13.2. The maximum absolute atomic E-state index is 13.5. The predicted octanol–water partition coefficient (Wildman–Crippen LogP) is 1.34. The van der Waals surface area contributed by atoms with Gasteiger partial charge in [-0.05, 0) is 44.1 Å². The zero-order valence-electron chi connectivity index (χ0n) is 20.9. The topological polar surface area (TPSA) is 136 Å². The van der Waals surface area contributed by atoms with E-state index >= 15 is 0 Å². The number of nitrogens with zero attached hydrogens (tertiary/aromatic N) is 3. The lowest BCUT2D eigenvalue weighted by molar-refractivity contribution is -0.130. The maximum atomic E-state index is 13.5. The first-order valence-corrected chi connectivity index (χ1v) is 13.2. The molecule has 10 nitrogen and oxygen atoms in total. The van der Waals surface area contributed by atoms with E-state index in [1.807, 2.05) is 21.9 Å². The van der Waals surface area contributed by atoms with Crippen molar-refractivity contribution >= 4 is 11.8 Å². The molecule has 5 rings (SSSR count). The molecule has 4 heterocycles. The lowest BCUT2D eigenvalue weighted by Crippen LogP contribution is -2.36. The highest BCUT2D eigenvalue weighted by molar-refractivity contribution is 5.95. The molecule has 4 aliphatic rings. The van der Waals surface area contributed by atoms with Crippen LogP contribution in [0.5, 0.6) is 5.88 Å². The number of ether oxygens (including phenoxy) is 2. The first-order chi connectivity index (χ1) is 17.5. The number of carbonyl (C=O) groups excluding carboxylic acids is 2. The van der Waals surface area contributed by atoms with E-state index in [4.69, 9.17) is 26.0 Å². The molecule has 2 atom stereocenters. The Labute approximate surface area is 212 Å². The number of amides is 2. The Bertz CT molecular complexity index is 977. The van der Waals surface area contributed by atoms with Gasteiger partial charge in [0.05, 0.1) is 6.61 Å². The predicted molar refractivity (Wildman–Crippen MR) is 134 cm³/mol. The van der Waals surface area contributed by atoms with Crippen LogP contribution in [0.25, 0.3) is 0 Å². The van der Waals surface area contributed by atoms with E-state index in [-0.39, 0.29) is 11.8 Å². The van der Waals surface area contributed by atoms with Gasteiger partial charge in [-0.15, -0.1) is 0 Å². The van der Waals surface area contributed by atoms with Gasteiger partial charge in [0.2, 0.25) is 11.8 Å². The minimum absolute atomic E-state index is 0.0363. The molecule has 1 aromatic rings. The molecule has 3 saturated heterocycles. The van der Waals surface area contributed by atoms with Crippen molar-refractivity contribution in [1.29, 1.82) is 0 Å². The molecule has 0 spiro atoms. The van der Waals surface area contributed by atoms with Gasteiger partial charge in [-0.2, -0.15) is 0 Å². The molecule has 4 fully saturated rings. The third-order valence-electron chi connectivity index (χ3n) is 7.99. The van der Waals surface area contributed by atoms with Gasteiger partial charge in [0.25, 0.3) is 5.91 Å². The van der Waals surface area contributed by atoms with Crippen molar-refractivity contribution in [2.45, 2.75) is 44.4 Å². The highest BCUT2D eigenvalue weighted by atomic mass is 16.5. The molecular weight excluding hydrogens is 460 g/mol. The van der Waals surface area contributed by atoms with E-state index in [0.717, 1.165) is 44.6 Å². The Morgan fingerprint density at radius 3 is 2.39 bits per heavy atom. The van der Waals surface area contributed by atoms with Gasteiger partial charge in [0.15, 0.2) is 0 Å². The van der Waals surface area contributed by atoms with Crippen molar-refractivity contribution < 1.29 is 19.1 Å². The van der Waals surface area contributed by atoms with Crippen LogP contribution < -0.4 is 21.7 Å². The van der Waals surface area contributed by atoms with Crippen molar-refractivity contribution in [2.24, 2.45) is 29.3 Å². The first kappa shape index (κ1) is 24.8. The van der Waals surface area contributed by atoms with Gasteiger partial charge < -0.3 is 30.4 Å². The number of hydrogen-bond acceptors (Lipinski definition) is 8. The van der Waals surface area contributed by atoms with Crippen LogP contribution in [0.15, 0.2) is 24.0 Å². The highest BCUT2D eigenvalue weighted by Crippen LogP contribution is 2.40. The molecule has 1 saturated carbocycles. The van der Waals surface area contributed by atoms with Gasteiger partial charge in [-0.3, -0.25) is 15.4 Å². The summed E-state index contributed by atoms with van der Waals surface area (Å²) in [6.07, 6.45) is 6.49. The van der Waals surface area contributed by atoms with Crippen LogP contribution in [-0.2, 0) is 9.53 Å². The van der Waals surface area contributed by atoms with Gasteiger partial charge in [0, 0.05) is 92.8 Å². The van der Waals surface area contributed by atoms with Crippen LogP contribution in [-0.4, -0.2) is 72.6 Å². The van der Waals surface area contributed by atoms with E-state index in [2.05, 4.69) is 5.43 Å². The van der Waals surface area contributed by atoms with Gasteiger partial charge in [0.1, 0.15) is 0 Å². The molecule has 36 heavy (non-hydrogen) atoms. The standard InChI is InChI=1S/C26H38N6O4/c27-11-22(30-28)3-4-25(33)31-12-20-14-32(15-21(20)13-31)26(34)19-9-23(18-1-2-18)29-24(10-19)36-16-17-5-7-35-8-6-17/h9-11,17-18,20-21,30H,1-8,12-16,27-28H2/b22-11-. The average Bonchev–Trinajstić information content (AvgIpc) is 3.57. The molecule has 2 unspecified atom stereocenters. The number of carbonyl (C=O) groups is 2. The van der Waals surface area contributed by atoms with E-state index in [0.29, 0.717) is 86.4 Å². The summed E-state index contributed by atoms with van der Waals surface area (Å²) in [4.78, 5) is 34.7. The fourth-order valence-electron chi connectivity index (χ4n) is 5.58. The van der Waals surface area contributed by atoms with Gasteiger partial charge in [-0.1, -0.05) is 0 Å². The number of pyridine rings is 1. The number of hydrogen-bond donors (Lipinski definition) is 3. The number of nitrogens with one attached hydrogen (secondary N) is 1. The van der Waals surface area contributed by atoms with Crippen LogP contribution >= 0.6 is 0 Å². The van der Waals surface area contributed by atoms with Gasteiger partial charge in [-0.25, -0.2) is 4.98 Å². The molecule has 1 aliphatic carbocycles. The SMILES string of the molecule is N/C=C(/CCC(=O)N1CC2CN(C(=O)c3cc(OCC4CCOCC4)nc(C4CC4)c3)CC2C1)NN. The quantitative estimate of drug-likeness (QED) is 0.343. The second-order valence-corrected chi connectivity index (χ2v) is 10.6. The van der Waals surface area contributed by atoms with E-state index in [1.165, 1.54) is 6.20 Å². The van der Waals surface area contributed by atoms with Gasteiger partial charge >= 0.3 is 0 Å². The third-order valence-corrected chi connectivity index (χ3v) is 7.99. The van der Waals surface area contributed by atoms with Crippen LogP contribution in [0.4, 0.5) is 0 Å². The molecule has 0 aromatic carbocycles. The molecule has 3 aliphatic heterocycles. The Morgan fingerprint density at radius 1 is 1.06 bits per heavy atom. The van der Waals surface area contributed by atoms with Crippen molar-refractivity contribution in [2.75, 3.05) is 46.0 Å². The normalized spacial score (nSPS) is 24.6. The van der Waals surface area contributed by atoms with Crippen LogP contribution in [0, 0.1) is 17.8 Å². The monoisotopic (exact) mass is 498 g/mol. The summed E-state index contributed by atoms with van der Waals surface area (Å²) in [5.74, 6) is 7.62. The van der Waals surface area contributed by atoms with Crippen molar-refractivity contribution in [3.63, 3.8) is 0 Å². The maximum Gasteiger partial charge on any atom is 0.254 e. The summed E-state index contributed by atoms with van der Waals surface area (Å²) >= 11 is 0. The van der Waals surface area contributed by atoms with Crippen LogP contribution in [0.2, 0.25) is 0 Å². The van der Waals surface area contributed by atoms with Crippen molar-refractivity contribution in [3.05, 3.63) is 35.3 Å². The molecule has 2 amide bonds. The summed E-state index contributed by atoms with van der Waals surface area (Å²) in [7, 11) is 0. The Hall–Kier alpha value is -2.85. The largest absolute Gasteiger partial charge is 0.477 e. The summed E-state index contributed by atoms with van der Waals surface area (Å²) in [6, 6.07) is 3.77. The number of aromatic nitrogens is 1. The van der Waals surface area contributed by atoms with E-state index in [1.54, 1.807) is 0 Å². The summed E-state index contributed by atoms with van der Waals surface area (Å²) in [5.41, 5.74) is 10.3. The molecule has 1 aromatic heterocycles. The molecular formula is C26H38N6O4.